The Bertz CT molecular complexity index is 110. The topological polar surface area (TPSA) is 12.0 Å². The van der Waals surface area contributed by atoms with E-state index in [1.807, 2.05) is 0 Å². The van der Waals surface area contributed by atoms with Crippen molar-refractivity contribution in [2.45, 2.75) is 31.9 Å². The lowest BCUT2D eigenvalue weighted by molar-refractivity contribution is 0.301. The lowest BCUT2D eigenvalue weighted by Crippen LogP contribution is -2.41. The van der Waals surface area contributed by atoms with Crippen molar-refractivity contribution in [1.82, 2.24) is 5.32 Å². The first-order valence-corrected chi connectivity index (χ1v) is 4.62. The molecule has 2 saturated heterocycles. The molecule has 0 amide bonds. The lowest BCUT2D eigenvalue weighted by atomic mass is 9.41. The van der Waals surface area contributed by atoms with E-state index in [0.29, 0.717) is 0 Å². The lowest BCUT2D eigenvalue weighted by Gasteiger charge is -2.40. The summed E-state index contributed by atoms with van der Waals surface area (Å²) in [4.78, 5) is 0. The average molecular weight is 137 g/mol. The van der Waals surface area contributed by atoms with Gasteiger partial charge in [0.25, 0.3) is 0 Å². The smallest absolute Gasteiger partial charge is 0.121 e. The molecule has 0 aromatic heterocycles. The van der Waals surface area contributed by atoms with Gasteiger partial charge in [0, 0.05) is 0 Å². The van der Waals surface area contributed by atoms with Gasteiger partial charge >= 0.3 is 0 Å². The zero-order valence-electron chi connectivity index (χ0n) is 6.66. The molecule has 10 heavy (non-hydrogen) atoms. The fourth-order valence-corrected chi connectivity index (χ4v) is 2.30. The van der Waals surface area contributed by atoms with Crippen molar-refractivity contribution in [2.75, 3.05) is 13.1 Å². The van der Waals surface area contributed by atoms with Crippen LogP contribution >= 0.6 is 0 Å². The van der Waals surface area contributed by atoms with Crippen molar-refractivity contribution in [3.8, 4) is 0 Å². The largest absolute Gasteiger partial charge is 0.316 e. The molecule has 0 aliphatic carbocycles. The Labute approximate surface area is 63.8 Å². The van der Waals surface area contributed by atoms with Crippen molar-refractivity contribution in [2.24, 2.45) is 5.41 Å². The minimum absolute atomic E-state index is 0.774. The first-order valence-electron chi connectivity index (χ1n) is 4.62. The van der Waals surface area contributed by atoms with Gasteiger partial charge < -0.3 is 5.32 Å². The Kier molecular flexibility index (Phi) is 1.73. The van der Waals surface area contributed by atoms with E-state index in [1.54, 1.807) is 0 Å². The highest BCUT2D eigenvalue weighted by atomic mass is 14.9. The zero-order chi connectivity index (χ0) is 6.86. The summed E-state index contributed by atoms with van der Waals surface area (Å²) >= 11 is 0. The van der Waals surface area contributed by atoms with Crippen molar-refractivity contribution in [3.05, 3.63) is 0 Å². The van der Waals surface area contributed by atoms with E-state index in [1.165, 1.54) is 52.3 Å². The molecule has 0 atom stereocenters. The van der Waals surface area contributed by atoms with Crippen LogP contribution in [0.4, 0.5) is 0 Å². The predicted molar refractivity (Wildman–Crippen MR) is 45.9 cm³/mol. The third-order valence-electron chi connectivity index (χ3n) is 3.22. The summed E-state index contributed by atoms with van der Waals surface area (Å²) < 4.78 is 0. The summed E-state index contributed by atoms with van der Waals surface area (Å²) in [6.45, 7) is 2.58. The fourth-order valence-electron chi connectivity index (χ4n) is 2.30. The molecule has 0 radical (unpaired) electrons. The second-order valence-electron chi connectivity index (χ2n) is 3.99. The quantitative estimate of drug-likeness (QED) is 0.491. The Hall–Kier alpha value is 0.0249. The minimum atomic E-state index is 0.774. The predicted octanol–water partition coefficient (Wildman–Crippen LogP) is 1.03. The van der Waals surface area contributed by atoms with Crippen molar-refractivity contribution in [3.63, 3.8) is 0 Å². The second kappa shape index (κ2) is 2.57. The first kappa shape index (κ1) is 6.72. The van der Waals surface area contributed by atoms with Crippen LogP contribution in [0.3, 0.4) is 0 Å². The molecule has 0 unspecified atom stereocenters. The summed E-state index contributed by atoms with van der Waals surface area (Å²) in [5, 5.41) is 3.54. The van der Waals surface area contributed by atoms with E-state index < -0.39 is 0 Å². The summed E-state index contributed by atoms with van der Waals surface area (Å²) in [5.41, 5.74) is 0.774. The Balaban J connectivity index is 1.92. The van der Waals surface area contributed by atoms with Crippen LogP contribution in [0.25, 0.3) is 0 Å². The van der Waals surface area contributed by atoms with E-state index >= 15 is 0 Å². The van der Waals surface area contributed by atoms with Gasteiger partial charge in [-0.25, -0.2) is 0 Å². The highest BCUT2D eigenvalue weighted by molar-refractivity contribution is 6.40. The maximum atomic E-state index is 3.54. The number of hydrogen-bond donors (Lipinski definition) is 1. The zero-order valence-corrected chi connectivity index (χ0v) is 6.66. The molecule has 2 heteroatoms. The van der Waals surface area contributed by atoms with Gasteiger partial charge in [0.05, 0.1) is 0 Å². The molecule has 2 aliphatic rings. The molecule has 2 aliphatic heterocycles. The van der Waals surface area contributed by atoms with Gasteiger partial charge in [-0.15, -0.1) is 0 Å². The van der Waals surface area contributed by atoms with Crippen LogP contribution in [0.2, 0.25) is 12.6 Å². The summed E-state index contributed by atoms with van der Waals surface area (Å²) in [6, 6.07) is 0. The van der Waals surface area contributed by atoms with E-state index in [9.17, 15) is 0 Å². The third-order valence-corrected chi connectivity index (χ3v) is 3.22. The fraction of sp³-hybridized carbons (Fsp3) is 1.00. The molecule has 2 heterocycles. The second-order valence-corrected chi connectivity index (χ2v) is 3.99. The van der Waals surface area contributed by atoms with Gasteiger partial charge in [-0.1, -0.05) is 19.1 Å². The molecule has 1 N–H and O–H groups in total. The SMILES string of the molecule is B1CC2(C1)CCCCNC2. The molecular formula is C8H16BN. The van der Waals surface area contributed by atoms with E-state index in [2.05, 4.69) is 5.32 Å². The van der Waals surface area contributed by atoms with Gasteiger partial charge in [0.2, 0.25) is 0 Å². The highest BCUT2D eigenvalue weighted by Crippen LogP contribution is 2.42. The van der Waals surface area contributed by atoms with Gasteiger partial charge in [0.1, 0.15) is 7.28 Å². The van der Waals surface area contributed by atoms with Gasteiger partial charge in [-0.2, -0.15) is 0 Å². The maximum absolute atomic E-state index is 3.54. The van der Waals surface area contributed by atoms with Crippen LogP contribution in [0, 0.1) is 5.41 Å². The summed E-state index contributed by atoms with van der Waals surface area (Å²) in [6.07, 6.45) is 7.37. The van der Waals surface area contributed by atoms with Crippen LogP contribution in [0.15, 0.2) is 0 Å². The molecule has 2 rings (SSSR count). The van der Waals surface area contributed by atoms with Crippen LogP contribution in [-0.2, 0) is 0 Å². The molecule has 56 valence electrons. The van der Waals surface area contributed by atoms with Crippen molar-refractivity contribution in [1.29, 1.82) is 0 Å². The number of nitrogens with one attached hydrogen (secondary N) is 1. The third kappa shape index (κ3) is 1.09. The summed E-state index contributed by atoms with van der Waals surface area (Å²) in [5.74, 6) is 0. The molecule has 0 aromatic rings. The monoisotopic (exact) mass is 137 g/mol. The van der Waals surface area contributed by atoms with Crippen LogP contribution in [0.5, 0.6) is 0 Å². The highest BCUT2D eigenvalue weighted by Gasteiger charge is 2.37. The molecule has 2 fully saturated rings. The van der Waals surface area contributed by atoms with Crippen molar-refractivity contribution < 1.29 is 0 Å². The standard InChI is InChI=1S/C8H16BN/c1-2-4-10-7-8(3-1)5-9-6-8/h9-10H,1-7H2. The maximum Gasteiger partial charge on any atom is 0.121 e. The van der Waals surface area contributed by atoms with Crippen molar-refractivity contribution >= 4 is 7.28 Å². The number of rotatable bonds is 0. The van der Waals surface area contributed by atoms with Gasteiger partial charge in [-0.05, 0) is 31.3 Å². The Morgan fingerprint density at radius 3 is 2.80 bits per heavy atom. The molecule has 0 saturated carbocycles. The van der Waals surface area contributed by atoms with E-state index in [0.717, 1.165) is 5.41 Å². The number of hydrogen-bond acceptors (Lipinski definition) is 1. The molecule has 1 nitrogen and oxygen atoms in total. The van der Waals surface area contributed by atoms with E-state index in [-0.39, 0.29) is 0 Å². The molecule has 0 aromatic carbocycles. The molecule has 0 bridgehead atoms. The molecular weight excluding hydrogens is 121 g/mol. The van der Waals surface area contributed by atoms with E-state index in [4.69, 9.17) is 0 Å². The van der Waals surface area contributed by atoms with Crippen LogP contribution < -0.4 is 5.32 Å². The minimum Gasteiger partial charge on any atom is -0.316 e. The Morgan fingerprint density at radius 2 is 2.10 bits per heavy atom. The van der Waals surface area contributed by atoms with Gasteiger partial charge in [0.15, 0.2) is 0 Å². The first-order chi connectivity index (χ1) is 4.91. The Morgan fingerprint density at radius 1 is 1.20 bits per heavy atom. The van der Waals surface area contributed by atoms with Gasteiger partial charge in [-0.3, -0.25) is 0 Å². The summed E-state index contributed by atoms with van der Waals surface area (Å²) in [7, 11) is 1.49. The molecule has 1 spiro atoms. The van der Waals surface area contributed by atoms with Crippen LogP contribution in [0.1, 0.15) is 19.3 Å². The normalized spacial score (nSPS) is 30.4. The average Bonchev–Trinajstić information content (AvgIpc) is 2.08. The van der Waals surface area contributed by atoms with Crippen LogP contribution in [-0.4, -0.2) is 20.4 Å².